The third kappa shape index (κ3) is 4.09. The molecule has 7 heteroatoms. The largest absolute Gasteiger partial charge is 0.462 e. The first-order chi connectivity index (χ1) is 10.2. The SMILES string of the molecule is C[C@H]1C[C@@H](C(=O)NCc2csc(-c3ccco3)n2)CCN1.Cl. The highest BCUT2D eigenvalue weighted by Crippen LogP contribution is 2.24. The summed E-state index contributed by atoms with van der Waals surface area (Å²) in [6.07, 6.45) is 3.45. The zero-order valence-corrected chi connectivity index (χ0v) is 14.0. The Morgan fingerprint density at radius 3 is 3.18 bits per heavy atom. The molecule has 2 atom stereocenters. The maximum Gasteiger partial charge on any atom is 0.223 e. The fourth-order valence-electron chi connectivity index (χ4n) is 2.59. The van der Waals surface area contributed by atoms with Gasteiger partial charge in [0, 0.05) is 17.3 Å². The quantitative estimate of drug-likeness (QED) is 0.897. The van der Waals surface area contributed by atoms with Crippen LogP contribution in [0.5, 0.6) is 0 Å². The number of nitrogens with zero attached hydrogens (tertiary/aromatic N) is 1. The van der Waals surface area contributed by atoms with Crippen LogP contribution in [0.2, 0.25) is 0 Å². The van der Waals surface area contributed by atoms with Crippen LogP contribution in [0.4, 0.5) is 0 Å². The van der Waals surface area contributed by atoms with Gasteiger partial charge in [-0.25, -0.2) is 4.98 Å². The molecular formula is C15H20ClN3O2S. The first-order valence-electron chi connectivity index (χ1n) is 7.22. The summed E-state index contributed by atoms with van der Waals surface area (Å²) < 4.78 is 5.32. The Morgan fingerprint density at radius 1 is 1.59 bits per heavy atom. The minimum absolute atomic E-state index is 0. The molecule has 3 rings (SSSR count). The number of piperidine rings is 1. The van der Waals surface area contributed by atoms with Crippen LogP contribution in [0.15, 0.2) is 28.2 Å². The van der Waals surface area contributed by atoms with E-state index < -0.39 is 0 Å². The van der Waals surface area contributed by atoms with E-state index >= 15 is 0 Å². The number of thiazole rings is 1. The van der Waals surface area contributed by atoms with Crippen LogP contribution in [0.3, 0.4) is 0 Å². The van der Waals surface area contributed by atoms with E-state index in [1.165, 1.54) is 11.3 Å². The summed E-state index contributed by atoms with van der Waals surface area (Å²) in [5.74, 6) is 1.02. The van der Waals surface area contributed by atoms with Gasteiger partial charge in [-0.1, -0.05) is 0 Å². The van der Waals surface area contributed by atoms with Crippen molar-refractivity contribution in [1.29, 1.82) is 0 Å². The summed E-state index contributed by atoms with van der Waals surface area (Å²) in [7, 11) is 0. The fraction of sp³-hybridized carbons (Fsp3) is 0.467. The molecule has 0 aliphatic carbocycles. The smallest absolute Gasteiger partial charge is 0.223 e. The second kappa shape index (κ2) is 7.76. The van der Waals surface area contributed by atoms with E-state index in [-0.39, 0.29) is 24.2 Å². The molecule has 0 aromatic carbocycles. The number of carbonyl (C=O) groups excluding carboxylic acids is 1. The summed E-state index contributed by atoms with van der Waals surface area (Å²) in [5.41, 5.74) is 0.877. The second-order valence-corrected chi connectivity index (χ2v) is 6.27. The average Bonchev–Trinajstić information content (AvgIpc) is 3.15. The highest BCUT2D eigenvalue weighted by atomic mass is 35.5. The summed E-state index contributed by atoms with van der Waals surface area (Å²) >= 11 is 1.53. The van der Waals surface area contributed by atoms with E-state index in [4.69, 9.17) is 4.42 Å². The fourth-order valence-corrected chi connectivity index (χ4v) is 3.38. The molecule has 3 heterocycles. The van der Waals surface area contributed by atoms with E-state index in [1.807, 2.05) is 17.5 Å². The number of aromatic nitrogens is 1. The van der Waals surface area contributed by atoms with Crippen molar-refractivity contribution < 1.29 is 9.21 Å². The van der Waals surface area contributed by atoms with Crippen LogP contribution in [-0.2, 0) is 11.3 Å². The van der Waals surface area contributed by atoms with Gasteiger partial charge in [0.2, 0.25) is 5.91 Å². The lowest BCUT2D eigenvalue weighted by atomic mass is 9.92. The van der Waals surface area contributed by atoms with Crippen molar-refractivity contribution in [3.63, 3.8) is 0 Å². The van der Waals surface area contributed by atoms with Gasteiger partial charge in [-0.3, -0.25) is 4.79 Å². The third-order valence-corrected chi connectivity index (χ3v) is 4.63. The molecule has 0 unspecified atom stereocenters. The van der Waals surface area contributed by atoms with Gasteiger partial charge in [0.1, 0.15) is 0 Å². The monoisotopic (exact) mass is 341 g/mol. The molecule has 120 valence electrons. The second-order valence-electron chi connectivity index (χ2n) is 5.42. The minimum Gasteiger partial charge on any atom is -0.462 e. The van der Waals surface area contributed by atoms with Crippen molar-refractivity contribution in [2.45, 2.75) is 32.4 Å². The molecule has 2 aromatic heterocycles. The first kappa shape index (κ1) is 17.0. The predicted molar refractivity (Wildman–Crippen MR) is 89.1 cm³/mol. The van der Waals surface area contributed by atoms with Gasteiger partial charge in [-0.2, -0.15) is 0 Å². The predicted octanol–water partition coefficient (Wildman–Crippen LogP) is 2.83. The lowest BCUT2D eigenvalue weighted by Crippen LogP contribution is -2.42. The summed E-state index contributed by atoms with van der Waals surface area (Å²) in [6.45, 7) is 3.52. The van der Waals surface area contributed by atoms with Crippen LogP contribution in [0.25, 0.3) is 10.8 Å². The standard InChI is InChI=1S/C15H19N3O2S.ClH/c1-10-7-11(4-5-16-10)14(19)17-8-12-9-21-15(18-12)13-3-2-6-20-13;/h2-3,6,9-11,16H,4-5,7-8H2,1H3,(H,17,19);1H/t10-,11-;/m0./s1. The molecule has 0 saturated carbocycles. The van der Waals surface area contributed by atoms with Crippen LogP contribution in [-0.4, -0.2) is 23.5 Å². The van der Waals surface area contributed by atoms with Crippen molar-refractivity contribution in [1.82, 2.24) is 15.6 Å². The van der Waals surface area contributed by atoms with Gasteiger partial charge in [0.15, 0.2) is 10.8 Å². The highest BCUT2D eigenvalue weighted by molar-refractivity contribution is 7.13. The number of carbonyl (C=O) groups is 1. The molecule has 1 saturated heterocycles. The number of nitrogens with one attached hydrogen (secondary N) is 2. The Kier molecular flexibility index (Phi) is 5.99. The van der Waals surface area contributed by atoms with E-state index in [0.717, 1.165) is 35.8 Å². The van der Waals surface area contributed by atoms with Gasteiger partial charge in [0.25, 0.3) is 0 Å². The lowest BCUT2D eigenvalue weighted by Gasteiger charge is -2.26. The molecule has 2 N–H and O–H groups in total. The summed E-state index contributed by atoms with van der Waals surface area (Å²) in [6, 6.07) is 4.15. The normalized spacial score (nSPS) is 21.1. The van der Waals surface area contributed by atoms with Gasteiger partial charge in [-0.15, -0.1) is 23.7 Å². The van der Waals surface area contributed by atoms with E-state index in [2.05, 4.69) is 22.5 Å². The van der Waals surface area contributed by atoms with E-state index in [1.54, 1.807) is 6.26 Å². The Morgan fingerprint density at radius 2 is 2.45 bits per heavy atom. The topological polar surface area (TPSA) is 67.2 Å². The molecule has 1 amide bonds. The van der Waals surface area contributed by atoms with Crippen molar-refractivity contribution in [3.8, 4) is 10.8 Å². The Bertz CT molecular complexity index is 600. The molecule has 2 aromatic rings. The molecule has 22 heavy (non-hydrogen) atoms. The highest BCUT2D eigenvalue weighted by Gasteiger charge is 2.24. The number of halogens is 1. The van der Waals surface area contributed by atoms with Gasteiger partial charge < -0.3 is 15.1 Å². The maximum atomic E-state index is 12.2. The summed E-state index contributed by atoms with van der Waals surface area (Å²) in [4.78, 5) is 16.7. The maximum absolute atomic E-state index is 12.2. The molecule has 0 spiro atoms. The van der Waals surface area contributed by atoms with Crippen molar-refractivity contribution in [3.05, 3.63) is 29.5 Å². The zero-order valence-electron chi connectivity index (χ0n) is 12.4. The van der Waals surface area contributed by atoms with Gasteiger partial charge in [0.05, 0.1) is 18.5 Å². The number of hydrogen-bond donors (Lipinski definition) is 2. The molecule has 1 aliphatic rings. The molecule has 1 fully saturated rings. The molecule has 1 aliphatic heterocycles. The molecular weight excluding hydrogens is 322 g/mol. The van der Waals surface area contributed by atoms with E-state index in [0.29, 0.717) is 12.6 Å². The number of hydrogen-bond acceptors (Lipinski definition) is 5. The molecule has 0 bridgehead atoms. The number of amides is 1. The zero-order chi connectivity index (χ0) is 14.7. The van der Waals surface area contributed by atoms with Crippen LogP contribution in [0.1, 0.15) is 25.5 Å². The van der Waals surface area contributed by atoms with Crippen molar-refractivity contribution in [2.24, 2.45) is 5.92 Å². The van der Waals surface area contributed by atoms with Gasteiger partial charge in [-0.05, 0) is 38.4 Å². The van der Waals surface area contributed by atoms with Gasteiger partial charge >= 0.3 is 0 Å². The van der Waals surface area contributed by atoms with E-state index in [9.17, 15) is 4.79 Å². The van der Waals surface area contributed by atoms with Crippen molar-refractivity contribution >= 4 is 29.7 Å². The minimum atomic E-state index is 0. The average molecular weight is 342 g/mol. The number of rotatable bonds is 4. The third-order valence-electron chi connectivity index (χ3n) is 3.72. The van der Waals surface area contributed by atoms with Crippen LogP contribution in [0, 0.1) is 5.92 Å². The molecule has 0 radical (unpaired) electrons. The van der Waals surface area contributed by atoms with Crippen LogP contribution >= 0.6 is 23.7 Å². The molecule has 5 nitrogen and oxygen atoms in total. The Labute approximate surface area is 139 Å². The number of furan rings is 1. The Balaban J connectivity index is 0.00000176. The lowest BCUT2D eigenvalue weighted by molar-refractivity contribution is -0.126. The van der Waals surface area contributed by atoms with Crippen LogP contribution < -0.4 is 10.6 Å². The summed E-state index contributed by atoms with van der Waals surface area (Å²) in [5, 5.41) is 9.16. The first-order valence-corrected chi connectivity index (χ1v) is 8.09. The Hall–Kier alpha value is -1.37. The van der Waals surface area contributed by atoms with Crippen molar-refractivity contribution in [2.75, 3.05) is 6.54 Å².